The molecule has 372 valence electrons. The molecule has 10 nitrogen and oxygen atoms in total. The highest BCUT2D eigenvalue weighted by Gasteiger charge is 2.34. The summed E-state index contributed by atoms with van der Waals surface area (Å²) in [6.45, 7) is 9.59. The maximum absolute atomic E-state index is 14.9. The van der Waals surface area contributed by atoms with Crippen molar-refractivity contribution < 1.29 is 29.3 Å². The molecule has 2 aliphatic rings. The van der Waals surface area contributed by atoms with Crippen molar-refractivity contribution in [3.05, 3.63) is 71.5 Å². The summed E-state index contributed by atoms with van der Waals surface area (Å²) in [5.41, 5.74) is 3.33. The summed E-state index contributed by atoms with van der Waals surface area (Å²) < 4.78 is 11.9. The first-order valence-electron chi connectivity index (χ1n) is 26.7. The van der Waals surface area contributed by atoms with Crippen molar-refractivity contribution in [1.29, 1.82) is 0 Å². The van der Waals surface area contributed by atoms with Crippen LogP contribution in [0.3, 0.4) is 0 Å². The third-order valence-electron chi connectivity index (χ3n) is 14.4. The molecular weight excluding hydrogens is 837 g/mol. The van der Waals surface area contributed by atoms with Crippen LogP contribution in [0, 0.1) is 24.2 Å². The van der Waals surface area contributed by atoms with Gasteiger partial charge in [0.05, 0.1) is 31.4 Å². The number of nitrogens with zero attached hydrogens (tertiary/aromatic N) is 4. The minimum atomic E-state index is -0.768. The predicted molar refractivity (Wildman–Crippen MR) is 274 cm³/mol. The molecule has 2 N–H and O–H groups in total. The highest BCUT2D eigenvalue weighted by Crippen LogP contribution is 2.45. The van der Waals surface area contributed by atoms with Crippen LogP contribution in [0.15, 0.2) is 54.7 Å². The predicted octanol–water partition coefficient (Wildman–Crippen LogP) is 13.9. The average Bonchev–Trinajstić information content (AvgIpc) is 4.18. The Morgan fingerprint density at radius 2 is 1.36 bits per heavy atom. The van der Waals surface area contributed by atoms with Gasteiger partial charge in [-0.05, 0) is 105 Å². The van der Waals surface area contributed by atoms with Gasteiger partial charge in [0, 0.05) is 50.3 Å². The van der Waals surface area contributed by atoms with Crippen molar-refractivity contribution in [2.45, 2.75) is 194 Å². The van der Waals surface area contributed by atoms with Gasteiger partial charge in [-0.3, -0.25) is 14.5 Å². The molecule has 0 unspecified atom stereocenters. The lowest BCUT2D eigenvalue weighted by Gasteiger charge is -2.36. The number of benzene rings is 1. The van der Waals surface area contributed by atoms with E-state index in [-0.39, 0.29) is 23.7 Å². The van der Waals surface area contributed by atoms with Crippen LogP contribution < -0.4 is 19.3 Å². The smallest absolute Gasteiger partial charge is 0.303 e. The number of hydrogen-bond acceptors (Lipinski definition) is 8. The number of carboxylic acids is 1. The molecule has 2 fully saturated rings. The van der Waals surface area contributed by atoms with Gasteiger partial charge in [0.1, 0.15) is 11.6 Å². The van der Waals surface area contributed by atoms with Gasteiger partial charge in [-0.2, -0.15) is 0 Å². The number of aryl methyl sites for hydroxylation is 1. The quantitative estimate of drug-likeness (QED) is 0.0555. The average molecular weight is 925 g/mol. The number of carbonyl (C=O) groups is 2. The molecule has 1 amide bonds. The second-order valence-corrected chi connectivity index (χ2v) is 20.8. The van der Waals surface area contributed by atoms with E-state index in [0.717, 1.165) is 80.7 Å². The van der Waals surface area contributed by atoms with Crippen LogP contribution in [0.1, 0.15) is 208 Å². The number of aromatic nitrogens is 2. The molecule has 0 spiro atoms. The van der Waals surface area contributed by atoms with Crippen LogP contribution in [0.4, 0.5) is 11.5 Å². The normalized spacial score (nSPS) is 14.9. The number of carboxylic acid groups (broad SMARTS) is 1. The first kappa shape index (κ1) is 53.8. The van der Waals surface area contributed by atoms with Crippen molar-refractivity contribution >= 4 is 23.4 Å². The molecule has 67 heavy (non-hydrogen) atoms. The van der Waals surface area contributed by atoms with Gasteiger partial charge in [-0.1, -0.05) is 142 Å². The van der Waals surface area contributed by atoms with E-state index in [1.165, 1.54) is 116 Å². The summed E-state index contributed by atoms with van der Waals surface area (Å²) >= 11 is 0. The zero-order chi connectivity index (χ0) is 47.7. The SMILES string of the molecule is COc1ccc(C(=O)N(CC(C)(C)CCCCCCCCCCCCCCCCCCCCCCO)c2cccc(C)n2)c(N2CCC(COc3cc([C@@H](CC(=O)O)C4CC4)ccn3)CC2)c1. The number of ether oxygens (including phenoxy) is 2. The van der Waals surface area contributed by atoms with E-state index in [1.807, 2.05) is 60.4 Å². The number of aliphatic hydroxyl groups excluding tert-OH is 1. The fraction of sp³-hybridized carbons (Fsp3) is 0.684. The van der Waals surface area contributed by atoms with E-state index in [1.54, 1.807) is 13.3 Å². The van der Waals surface area contributed by atoms with Crippen molar-refractivity contribution in [1.82, 2.24) is 9.97 Å². The number of methoxy groups -OCH3 is 1. The number of aliphatic carboxylic acids is 1. The summed E-state index contributed by atoms with van der Waals surface area (Å²) in [6, 6.07) is 15.6. The van der Waals surface area contributed by atoms with Crippen molar-refractivity contribution in [2.24, 2.45) is 17.3 Å². The molecule has 5 rings (SSSR count). The van der Waals surface area contributed by atoms with E-state index >= 15 is 0 Å². The molecule has 3 heterocycles. The highest BCUT2D eigenvalue weighted by atomic mass is 16.5. The van der Waals surface area contributed by atoms with Gasteiger partial charge in [-0.25, -0.2) is 9.97 Å². The Bertz CT molecular complexity index is 1870. The zero-order valence-electron chi connectivity index (χ0n) is 42.2. The summed E-state index contributed by atoms with van der Waals surface area (Å²) in [4.78, 5) is 40.1. The maximum atomic E-state index is 14.9. The molecule has 2 aromatic heterocycles. The van der Waals surface area contributed by atoms with Crippen molar-refractivity contribution in [2.75, 3.05) is 49.8 Å². The number of aliphatic hydroxyl groups is 1. The number of unbranched alkanes of at least 4 members (excludes halogenated alkanes) is 19. The molecule has 1 aliphatic heterocycles. The topological polar surface area (TPSA) is 125 Å². The van der Waals surface area contributed by atoms with Gasteiger partial charge in [-0.15, -0.1) is 0 Å². The summed E-state index contributed by atoms with van der Waals surface area (Å²) in [7, 11) is 1.67. The highest BCUT2D eigenvalue weighted by molar-refractivity contribution is 6.09. The number of anilines is 2. The van der Waals surface area contributed by atoms with Crippen LogP contribution in [-0.2, 0) is 4.79 Å². The van der Waals surface area contributed by atoms with Crippen LogP contribution in [0.5, 0.6) is 11.6 Å². The minimum absolute atomic E-state index is 0.00447. The molecule has 3 aromatic rings. The molecule has 1 aromatic carbocycles. The number of hydrogen-bond donors (Lipinski definition) is 2. The van der Waals surface area contributed by atoms with E-state index in [2.05, 4.69) is 23.7 Å². The van der Waals surface area contributed by atoms with Gasteiger partial charge in [0.2, 0.25) is 5.88 Å². The Hall–Kier alpha value is -4.18. The van der Waals surface area contributed by atoms with Crippen molar-refractivity contribution in [3.8, 4) is 11.6 Å². The van der Waals surface area contributed by atoms with Gasteiger partial charge >= 0.3 is 5.97 Å². The molecular formula is C57H88N4O6. The molecule has 0 radical (unpaired) electrons. The number of carbonyl (C=O) groups excluding carboxylic acids is 1. The molecule has 1 saturated carbocycles. The Morgan fingerprint density at radius 1 is 0.776 bits per heavy atom. The minimum Gasteiger partial charge on any atom is -0.497 e. The summed E-state index contributed by atoms with van der Waals surface area (Å²) in [5.74, 6) is 1.92. The number of amides is 1. The third kappa shape index (κ3) is 19.8. The van der Waals surface area contributed by atoms with Gasteiger partial charge in [0.25, 0.3) is 5.91 Å². The van der Waals surface area contributed by atoms with Crippen LogP contribution in [-0.4, -0.2) is 72.0 Å². The third-order valence-corrected chi connectivity index (χ3v) is 14.4. The summed E-state index contributed by atoms with van der Waals surface area (Å²) in [5, 5.41) is 18.4. The Labute approximate surface area is 405 Å². The second kappa shape index (κ2) is 29.7. The number of piperidine rings is 1. The fourth-order valence-electron chi connectivity index (χ4n) is 10.1. The number of pyridine rings is 2. The van der Waals surface area contributed by atoms with E-state index in [0.29, 0.717) is 48.9 Å². The summed E-state index contributed by atoms with van der Waals surface area (Å²) in [6.07, 6.45) is 33.2. The van der Waals surface area contributed by atoms with Crippen LogP contribution in [0.25, 0.3) is 0 Å². The fourth-order valence-corrected chi connectivity index (χ4v) is 10.1. The lowest BCUT2D eigenvalue weighted by Crippen LogP contribution is -2.41. The molecule has 1 saturated heterocycles. The number of rotatable bonds is 35. The van der Waals surface area contributed by atoms with Crippen molar-refractivity contribution in [3.63, 3.8) is 0 Å². The zero-order valence-corrected chi connectivity index (χ0v) is 42.2. The molecule has 10 heteroatoms. The molecule has 0 bridgehead atoms. The Kier molecular flexibility index (Phi) is 23.8. The largest absolute Gasteiger partial charge is 0.497 e. The molecule has 1 atom stereocenters. The monoisotopic (exact) mass is 925 g/mol. The maximum Gasteiger partial charge on any atom is 0.303 e. The van der Waals surface area contributed by atoms with Gasteiger partial charge < -0.3 is 24.6 Å². The molecule has 1 aliphatic carbocycles. The van der Waals surface area contributed by atoms with Crippen LogP contribution >= 0.6 is 0 Å². The Morgan fingerprint density at radius 3 is 1.90 bits per heavy atom. The van der Waals surface area contributed by atoms with Gasteiger partial charge in [0.15, 0.2) is 0 Å². The lowest BCUT2D eigenvalue weighted by atomic mass is 9.85. The standard InChI is InChI=1S/C57H88N4O6/c1-45-26-25-27-53(59-45)61(44-57(2,3)35-23-21-19-17-15-13-11-9-7-5-6-8-10-12-14-16-18-20-22-24-39-62)56(65)50-31-30-49(66-4)41-52(50)60-37-33-46(34-38-60)43-67-54-40-48(32-36-58-54)51(42-55(63)64)47-28-29-47/h25-27,30-32,36,40-41,46-47,51,62H,5-24,28-29,33-35,37-39,42-44H2,1-4H3,(H,63,64)/t51-/m0/s1. The second-order valence-electron chi connectivity index (χ2n) is 20.8. The Balaban J connectivity index is 1.04. The van der Waals surface area contributed by atoms with E-state index in [4.69, 9.17) is 19.6 Å². The van der Waals surface area contributed by atoms with Crippen LogP contribution in [0.2, 0.25) is 0 Å². The first-order chi connectivity index (χ1) is 32.6. The van der Waals surface area contributed by atoms with E-state index in [9.17, 15) is 14.7 Å². The van der Waals surface area contributed by atoms with E-state index < -0.39 is 5.97 Å². The first-order valence-corrected chi connectivity index (χ1v) is 26.7. The lowest BCUT2D eigenvalue weighted by molar-refractivity contribution is -0.137.